The van der Waals surface area contributed by atoms with E-state index in [0.717, 1.165) is 17.8 Å². The van der Waals surface area contributed by atoms with Crippen molar-refractivity contribution in [3.63, 3.8) is 0 Å². The maximum atomic E-state index is 2.47. The first-order valence-corrected chi connectivity index (χ1v) is 12.4. The van der Waals surface area contributed by atoms with Crippen LogP contribution in [-0.4, -0.2) is 0 Å². The van der Waals surface area contributed by atoms with Gasteiger partial charge in [-0.25, -0.2) is 0 Å². The van der Waals surface area contributed by atoms with E-state index in [1.807, 2.05) is 36.4 Å². The van der Waals surface area contributed by atoms with Crippen LogP contribution in [0.4, 0.5) is 0 Å². The topological polar surface area (TPSA) is 0 Å². The molecule has 2 atom stereocenters. The van der Waals surface area contributed by atoms with E-state index in [2.05, 4.69) is 68.4 Å². The van der Waals surface area contributed by atoms with Crippen molar-refractivity contribution >= 4 is 11.8 Å². The fourth-order valence-electron chi connectivity index (χ4n) is 5.98. The van der Waals surface area contributed by atoms with E-state index in [4.69, 9.17) is 0 Å². The van der Waals surface area contributed by atoms with E-state index < -0.39 is 0 Å². The third-order valence-electron chi connectivity index (χ3n) is 6.79. The molecule has 2 aliphatic rings. The molecule has 3 aromatic rings. The van der Waals surface area contributed by atoms with Gasteiger partial charge in [-0.1, -0.05) is 80.6 Å². The number of thiol groups is 1. The first-order valence-electron chi connectivity index (χ1n) is 11.5. The highest BCUT2D eigenvalue weighted by molar-refractivity contribution is 7.78. The quantitative estimate of drug-likeness (QED) is 0.303. The van der Waals surface area contributed by atoms with Crippen LogP contribution < -0.4 is 0 Å². The molecule has 2 bridgehead atoms. The van der Waals surface area contributed by atoms with E-state index in [1.165, 1.54) is 53.7 Å². The maximum absolute atomic E-state index is 2.47. The molecule has 0 nitrogen and oxygen atoms in total. The Bertz CT molecular complexity index is 838. The van der Waals surface area contributed by atoms with Crippen molar-refractivity contribution in [1.29, 1.82) is 0 Å². The van der Waals surface area contributed by atoms with Crippen LogP contribution in [0.3, 0.4) is 0 Å². The van der Waals surface area contributed by atoms with Crippen molar-refractivity contribution in [2.24, 2.45) is 17.8 Å². The fraction of sp³-hybridized carbons (Fsp3) is 0.379. The Labute approximate surface area is 187 Å². The molecule has 0 amide bonds. The average molecular weight is 416 g/mol. The van der Waals surface area contributed by atoms with Gasteiger partial charge in [0.05, 0.1) is 0 Å². The van der Waals surface area contributed by atoms with Gasteiger partial charge >= 0.3 is 0 Å². The van der Waals surface area contributed by atoms with Crippen molar-refractivity contribution in [1.82, 2.24) is 0 Å². The minimum atomic E-state index is 0.460. The van der Waals surface area contributed by atoms with Crippen molar-refractivity contribution < 1.29 is 0 Å². The first kappa shape index (κ1) is 21.2. The van der Waals surface area contributed by atoms with Crippen LogP contribution in [0.5, 0.6) is 0 Å². The molecule has 2 saturated carbocycles. The van der Waals surface area contributed by atoms with Crippen molar-refractivity contribution in [3.05, 3.63) is 96.6 Å². The molecule has 3 aromatic carbocycles. The zero-order valence-electron chi connectivity index (χ0n) is 18.4. The Kier molecular flexibility index (Phi) is 7.00. The molecule has 2 fully saturated rings. The van der Waals surface area contributed by atoms with Crippen LogP contribution in [-0.2, 0) is 17.2 Å². The molecule has 0 aromatic heterocycles. The number of hydrogen-bond donors (Lipinski definition) is 0. The molecule has 2 aliphatic carbocycles. The average Bonchev–Trinajstić information content (AvgIpc) is 2.75. The first-order chi connectivity index (χ1) is 14.6. The third-order valence-corrected chi connectivity index (χ3v) is 7.90. The van der Waals surface area contributed by atoms with Crippen LogP contribution in [0.25, 0.3) is 0 Å². The summed E-state index contributed by atoms with van der Waals surface area (Å²) in [6.45, 7) is 4.94. The molecule has 0 aliphatic heterocycles. The lowest BCUT2D eigenvalue weighted by Gasteiger charge is -2.50. The highest BCUT2D eigenvalue weighted by Gasteiger charge is 2.45. The minimum absolute atomic E-state index is 0.460. The maximum Gasteiger partial charge on any atom is 0.158 e. The van der Waals surface area contributed by atoms with E-state index in [9.17, 15) is 0 Å². The molecule has 0 radical (unpaired) electrons. The van der Waals surface area contributed by atoms with Crippen LogP contribution in [0.15, 0.2) is 101 Å². The van der Waals surface area contributed by atoms with E-state index in [-0.39, 0.29) is 0 Å². The molecule has 5 rings (SSSR count). The SMILES string of the molecule is CC1CC2CC(C)CC(c3ccc([SH+]c4ccccc4)cc3)(C1)C2.c1ccccc1. The van der Waals surface area contributed by atoms with Gasteiger partial charge in [-0.3, -0.25) is 0 Å². The predicted molar refractivity (Wildman–Crippen MR) is 131 cm³/mol. The zero-order chi connectivity index (χ0) is 20.8. The number of hydrogen-bond acceptors (Lipinski definition) is 0. The normalized spacial score (nSPS) is 27.6. The fourth-order valence-corrected chi connectivity index (χ4v) is 6.90. The van der Waals surface area contributed by atoms with Gasteiger partial charge in [-0.15, -0.1) is 0 Å². The summed E-state index contributed by atoms with van der Waals surface area (Å²) < 4.78 is 0. The second kappa shape index (κ2) is 9.88. The summed E-state index contributed by atoms with van der Waals surface area (Å²) in [7, 11) is 0. The number of benzene rings is 3. The highest BCUT2D eigenvalue weighted by atomic mass is 32.2. The molecule has 0 spiro atoms. The van der Waals surface area contributed by atoms with Crippen molar-refractivity contribution in [3.8, 4) is 0 Å². The molecular formula is C29H35S+. The minimum Gasteiger partial charge on any atom is -0.0625 e. The van der Waals surface area contributed by atoms with Crippen LogP contribution in [0.2, 0.25) is 0 Å². The summed E-state index contributed by atoms with van der Waals surface area (Å²) in [6.07, 6.45) is 7.12. The summed E-state index contributed by atoms with van der Waals surface area (Å²) in [4.78, 5) is 2.78. The van der Waals surface area contributed by atoms with E-state index in [0.29, 0.717) is 5.41 Å². The Morgan fingerprint density at radius 2 is 1.07 bits per heavy atom. The standard InChI is InChI=1S/C23H28S.C6H6/c1-17-12-19-13-18(2)15-23(14-17,16-19)20-8-10-22(11-9-20)24-21-6-4-3-5-7-21;1-2-4-6-5-3-1/h3-11,17-19H,12-16H2,1-2H3;1-6H/p+1. The lowest BCUT2D eigenvalue weighted by Crippen LogP contribution is -2.42. The molecule has 0 saturated heterocycles. The highest BCUT2D eigenvalue weighted by Crippen LogP contribution is 2.53. The van der Waals surface area contributed by atoms with Crippen LogP contribution in [0, 0.1) is 17.8 Å². The number of fused-ring (bicyclic) bond motifs is 2. The van der Waals surface area contributed by atoms with E-state index >= 15 is 0 Å². The Morgan fingerprint density at radius 1 is 0.600 bits per heavy atom. The molecule has 1 heteroatoms. The van der Waals surface area contributed by atoms with Crippen molar-refractivity contribution in [2.75, 3.05) is 0 Å². The Morgan fingerprint density at radius 3 is 1.60 bits per heavy atom. The molecule has 30 heavy (non-hydrogen) atoms. The van der Waals surface area contributed by atoms with Gasteiger partial charge in [-0.2, -0.15) is 0 Å². The monoisotopic (exact) mass is 415 g/mol. The summed E-state index contributed by atoms with van der Waals surface area (Å²) in [5, 5.41) is 0. The van der Waals surface area contributed by atoms with Gasteiger partial charge in [-0.05, 0) is 85.1 Å². The van der Waals surface area contributed by atoms with Gasteiger partial charge < -0.3 is 0 Å². The molecule has 0 N–H and O–H groups in total. The zero-order valence-corrected chi connectivity index (χ0v) is 19.3. The van der Waals surface area contributed by atoms with Crippen LogP contribution in [0.1, 0.15) is 51.5 Å². The second-order valence-corrected chi connectivity index (χ2v) is 10.8. The lowest BCUT2D eigenvalue weighted by molar-refractivity contribution is 0.0780. The van der Waals surface area contributed by atoms with Gasteiger partial charge in [0, 0.05) is 11.8 Å². The molecule has 156 valence electrons. The van der Waals surface area contributed by atoms with Gasteiger partial charge in [0.15, 0.2) is 9.79 Å². The summed E-state index contributed by atoms with van der Waals surface area (Å²) in [6, 6.07) is 32.4. The van der Waals surface area contributed by atoms with Gasteiger partial charge in [0.25, 0.3) is 0 Å². The van der Waals surface area contributed by atoms with Gasteiger partial charge in [0.1, 0.15) is 0 Å². The summed E-state index contributed by atoms with van der Waals surface area (Å²) >= 11 is 1.32. The molecule has 0 heterocycles. The smallest absolute Gasteiger partial charge is 0.0625 e. The largest absolute Gasteiger partial charge is 0.158 e. The van der Waals surface area contributed by atoms with Crippen molar-refractivity contribution in [2.45, 2.75) is 61.2 Å². The molecular weight excluding hydrogens is 380 g/mol. The third kappa shape index (κ3) is 5.38. The van der Waals surface area contributed by atoms with Crippen LogP contribution >= 0.6 is 0 Å². The number of rotatable bonds is 3. The lowest BCUT2D eigenvalue weighted by atomic mass is 9.54. The van der Waals surface area contributed by atoms with E-state index in [1.54, 1.807) is 5.56 Å². The second-order valence-electron chi connectivity index (χ2n) is 9.59. The van der Waals surface area contributed by atoms with Gasteiger partial charge in [0.2, 0.25) is 0 Å². The summed E-state index contributed by atoms with van der Waals surface area (Å²) in [5.41, 5.74) is 2.07. The molecule has 2 unspecified atom stereocenters. The summed E-state index contributed by atoms with van der Waals surface area (Å²) in [5.74, 6) is 2.73. The predicted octanol–water partition coefficient (Wildman–Crippen LogP) is 7.71. The Balaban J connectivity index is 0.000000313. The Hall–Kier alpha value is -1.99.